The summed E-state index contributed by atoms with van der Waals surface area (Å²) < 4.78 is 26.0. The maximum absolute atomic E-state index is 12.4. The van der Waals surface area contributed by atoms with Gasteiger partial charge >= 0.3 is 0 Å². The number of anilines is 1. The number of aromatic nitrogens is 1. The molecule has 1 aromatic heterocycles. The highest BCUT2D eigenvalue weighted by Gasteiger charge is 2.20. The Kier molecular flexibility index (Phi) is 3.82. The van der Waals surface area contributed by atoms with Crippen molar-refractivity contribution in [2.75, 3.05) is 11.4 Å². The van der Waals surface area contributed by atoms with Crippen molar-refractivity contribution in [2.45, 2.75) is 11.4 Å². The van der Waals surface area contributed by atoms with Crippen molar-refractivity contribution in [1.29, 1.82) is 0 Å². The normalized spacial score (nSPS) is 11.3. The van der Waals surface area contributed by atoms with Gasteiger partial charge in [0.25, 0.3) is 10.0 Å². The van der Waals surface area contributed by atoms with Gasteiger partial charge in [-0.2, -0.15) is 0 Å². The summed E-state index contributed by atoms with van der Waals surface area (Å²) in [6, 6.07) is 9.93. The van der Waals surface area contributed by atoms with E-state index in [0.29, 0.717) is 12.2 Å². The van der Waals surface area contributed by atoms with E-state index in [9.17, 15) is 8.42 Å². The number of nitrogens with zero attached hydrogens (tertiary/aromatic N) is 2. The molecule has 2 N–H and O–H groups in total. The second-order valence-corrected chi connectivity index (χ2v) is 6.00. The van der Waals surface area contributed by atoms with Gasteiger partial charge in [-0.15, -0.1) is 0 Å². The highest BCUT2D eigenvalue weighted by atomic mass is 32.2. The first-order valence-electron chi connectivity index (χ1n) is 5.73. The molecule has 6 heteroatoms. The number of hydrogen-bond donors (Lipinski definition) is 1. The van der Waals surface area contributed by atoms with E-state index in [1.54, 1.807) is 42.6 Å². The van der Waals surface area contributed by atoms with E-state index >= 15 is 0 Å². The van der Waals surface area contributed by atoms with E-state index in [4.69, 9.17) is 5.73 Å². The highest BCUT2D eigenvalue weighted by Crippen LogP contribution is 2.21. The summed E-state index contributed by atoms with van der Waals surface area (Å²) in [6.07, 6.45) is 3.10. The lowest BCUT2D eigenvalue weighted by Gasteiger charge is -2.19. The molecule has 0 aliphatic heterocycles. The Labute approximate surface area is 112 Å². The second-order valence-electron chi connectivity index (χ2n) is 4.03. The molecule has 1 heterocycles. The van der Waals surface area contributed by atoms with Crippen molar-refractivity contribution in [1.82, 2.24) is 4.98 Å². The van der Waals surface area contributed by atoms with E-state index in [1.807, 2.05) is 0 Å². The molecule has 2 rings (SSSR count). The fourth-order valence-corrected chi connectivity index (χ4v) is 2.82. The van der Waals surface area contributed by atoms with Crippen LogP contribution in [0.1, 0.15) is 5.56 Å². The summed E-state index contributed by atoms with van der Waals surface area (Å²) in [5, 5.41) is 0. The molecule has 0 bridgehead atoms. The molecular weight excluding hydrogens is 262 g/mol. The lowest BCUT2D eigenvalue weighted by atomic mass is 10.2. The number of hydrogen-bond acceptors (Lipinski definition) is 4. The van der Waals surface area contributed by atoms with Crippen molar-refractivity contribution in [3.63, 3.8) is 0 Å². The Morgan fingerprint density at radius 3 is 2.42 bits per heavy atom. The third kappa shape index (κ3) is 2.74. The highest BCUT2D eigenvalue weighted by molar-refractivity contribution is 7.92. The maximum Gasteiger partial charge on any atom is 0.264 e. The molecule has 19 heavy (non-hydrogen) atoms. The second kappa shape index (κ2) is 5.38. The molecule has 5 nitrogen and oxygen atoms in total. The first-order valence-corrected chi connectivity index (χ1v) is 7.17. The van der Waals surface area contributed by atoms with Crippen LogP contribution in [0.3, 0.4) is 0 Å². The molecule has 0 atom stereocenters. The lowest BCUT2D eigenvalue weighted by Crippen LogP contribution is -2.26. The van der Waals surface area contributed by atoms with E-state index < -0.39 is 10.0 Å². The molecule has 0 aliphatic rings. The zero-order valence-electron chi connectivity index (χ0n) is 10.5. The molecule has 0 saturated carbocycles. The van der Waals surface area contributed by atoms with E-state index in [1.165, 1.54) is 17.5 Å². The van der Waals surface area contributed by atoms with Gasteiger partial charge in [0.2, 0.25) is 0 Å². The van der Waals surface area contributed by atoms with Crippen molar-refractivity contribution in [3.05, 3.63) is 54.4 Å². The van der Waals surface area contributed by atoms with Crippen LogP contribution in [0.25, 0.3) is 0 Å². The third-order valence-electron chi connectivity index (χ3n) is 2.83. The van der Waals surface area contributed by atoms with Gasteiger partial charge in [0.1, 0.15) is 0 Å². The zero-order chi connectivity index (χ0) is 13.9. The third-order valence-corrected chi connectivity index (χ3v) is 4.63. The molecular formula is C13H15N3O2S. The summed E-state index contributed by atoms with van der Waals surface area (Å²) >= 11 is 0. The van der Waals surface area contributed by atoms with Crippen LogP contribution in [0.5, 0.6) is 0 Å². The van der Waals surface area contributed by atoms with Crippen LogP contribution >= 0.6 is 0 Å². The molecule has 2 aromatic rings. The summed E-state index contributed by atoms with van der Waals surface area (Å²) in [5.41, 5.74) is 6.90. The maximum atomic E-state index is 12.4. The smallest absolute Gasteiger partial charge is 0.264 e. The topological polar surface area (TPSA) is 76.3 Å². The molecule has 100 valence electrons. The monoisotopic (exact) mass is 277 g/mol. The molecule has 0 saturated heterocycles. The van der Waals surface area contributed by atoms with Crippen molar-refractivity contribution in [2.24, 2.45) is 5.73 Å². The van der Waals surface area contributed by atoms with Gasteiger partial charge in [0, 0.05) is 19.8 Å². The number of nitrogens with two attached hydrogens (primary N) is 1. The van der Waals surface area contributed by atoms with Gasteiger partial charge in [-0.05, 0) is 29.8 Å². The van der Waals surface area contributed by atoms with Gasteiger partial charge in [-0.25, -0.2) is 8.42 Å². The average Bonchev–Trinajstić information content (AvgIpc) is 2.47. The molecule has 0 fully saturated rings. The van der Waals surface area contributed by atoms with Crippen LogP contribution in [0, 0.1) is 0 Å². The number of benzene rings is 1. The SMILES string of the molecule is CN(c1cccnc1)S(=O)(=O)c1ccc(CN)cc1. The Bertz CT molecular complexity index is 639. The van der Waals surface area contributed by atoms with Gasteiger partial charge in [-0.3, -0.25) is 9.29 Å². The van der Waals surface area contributed by atoms with Crippen LogP contribution in [0.15, 0.2) is 53.7 Å². The van der Waals surface area contributed by atoms with E-state index in [-0.39, 0.29) is 4.90 Å². The van der Waals surface area contributed by atoms with E-state index in [2.05, 4.69) is 4.98 Å². The Balaban J connectivity index is 2.36. The van der Waals surface area contributed by atoms with Gasteiger partial charge in [0.15, 0.2) is 0 Å². The number of pyridine rings is 1. The standard InChI is InChI=1S/C13H15N3O2S/c1-16(12-3-2-8-15-10-12)19(17,18)13-6-4-11(9-14)5-7-13/h2-8,10H,9,14H2,1H3. The zero-order valence-corrected chi connectivity index (χ0v) is 11.3. The van der Waals surface area contributed by atoms with E-state index in [0.717, 1.165) is 5.56 Å². The van der Waals surface area contributed by atoms with Crippen LogP contribution < -0.4 is 10.0 Å². The first-order chi connectivity index (χ1) is 9.05. The Morgan fingerprint density at radius 2 is 1.89 bits per heavy atom. The minimum Gasteiger partial charge on any atom is -0.326 e. The average molecular weight is 277 g/mol. The van der Waals surface area contributed by atoms with Crippen LogP contribution in [0.4, 0.5) is 5.69 Å². The van der Waals surface area contributed by atoms with Crippen molar-refractivity contribution >= 4 is 15.7 Å². The van der Waals surface area contributed by atoms with Gasteiger partial charge < -0.3 is 5.73 Å². The minimum absolute atomic E-state index is 0.232. The van der Waals surface area contributed by atoms with Crippen LogP contribution in [-0.2, 0) is 16.6 Å². The molecule has 0 radical (unpaired) electrons. The quantitative estimate of drug-likeness (QED) is 0.915. The van der Waals surface area contributed by atoms with Crippen molar-refractivity contribution < 1.29 is 8.42 Å². The molecule has 0 unspecified atom stereocenters. The van der Waals surface area contributed by atoms with Gasteiger partial charge in [-0.1, -0.05) is 12.1 Å². The number of rotatable bonds is 4. The largest absolute Gasteiger partial charge is 0.326 e. The van der Waals surface area contributed by atoms with Crippen LogP contribution in [0.2, 0.25) is 0 Å². The molecule has 0 aliphatic carbocycles. The fraction of sp³-hybridized carbons (Fsp3) is 0.154. The predicted molar refractivity (Wildman–Crippen MR) is 74.2 cm³/mol. The first kappa shape index (κ1) is 13.5. The molecule has 1 aromatic carbocycles. The molecule has 0 amide bonds. The summed E-state index contributed by atoms with van der Waals surface area (Å²) in [5.74, 6) is 0. The number of sulfonamides is 1. The molecule has 0 spiro atoms. The fourth-order valence-electron chi connectivity index (χ4n) is 1.63. The summed E-state index contributed by atoms with van der Waals surface area (Å²) in [6.45, 7) is 0.388. The van der Waals surface area contributed by atoms with Gasteiger partial charge in [0.05, 0.1) is 16.8 Å². The minimum atomic E-state index is -3.56. The lowest BCUT2D eigenvalue weighted by molar-refractivity contribution is 0.594. The Morgan fingerprint density at radius 1 is 1.21 bits per heavy atom. The Hall–Kier alpha value is -1.92. The van der Waals surface area contributed by atoms with Crippen molar-refractivity contribution in [3.8, 4) is 0 Å². The summed E-state index contributed by atoms with van der Waals surface area (Å²) in [7, 11) is -2.06. The summed E-state index contributed by atoms with van der Waals surface area (Å²) in [4.78, 5) is 4.15. The predicted octanol–water partition coefficient (Wildman–Crippen LogP) is 1.37. The van der Waals surface area contributed by atoms with Crippen LogP contribution in [-0.4, -0.2) is 20.4 Å².